The molecule has 7 heavy (non-hydrogen) atoms. The maximum Gasteiger partial charge on any atom is 0.125 e. The normalized spacial score (nSPS) is 12.0. The highest BCUT2D eigenvalue weighted by molar-refractivity contribution is 4.57. The molecule has 0 aromatic heterocycles. The first-order valence-electron chi connectivity index (χ1n) is 2.47. The lowest BCUT2D eigenvalue weighted by molar-refractivity contribution is 0.0417. The first kappa shape index (κ1) is 6.92. The van der Waals surface area contributed by atoms with Gasteiger partial charge in [0, 0.05) is 6.54 Å². The van der Waals surface area contributed by atoms with Gasteiger partial charge < -0.3 is 5.11 Å². The molecule has 0 atom stereocenters. The second-order valence-corrected chi connectivity index (χ2v) is 1.97. The summed E-state index contributed by atoms with van der Waals surface area (Å²) in [6, 6.07) is 0. The van der Waals surface area contributed by atoms with Gasteiger partial charge in [-0.2, -0.15) is 0 Å². The van der Waals surface area contributed by atoms with Gasteiger partial charge in [0.25, 0.3) is 0 Å². The third-order valence-corrected chi connectivity index (χ3v) is 0.545. The van der Waals surface area contributed by atoms with Crippen molar-refractivity contribution < 1.29 is 5.11 Å². The molecule has 0 aromatic rings. The minimum absolute atomic E-state index is 0.684. The van der Waals surface area contributed by atoms with Gasteiger partial charge in [0.1, 0.15) is 5.72 Å². The summed E-state index contributed by atoms with van der Waals surface area (Å²) >= 11 is 0. The average Bonchev–Trinajstić information content (AvgIpc) is 1.30. The summed E-state index contributed by atoms with van der Waals surface area (Å²) in [5, 5.41) is 12.7. The van der Waals surface area contributed by atoms with Crippen LogP contribution in [0.25, 0.3) is 0 Å². The molecule has 43 valence electrons. The Bertz CT molecular complexity index is 46.5. The van der Waals surface area contributed by atoms with Crippen molar-refractivity contribution >= 4 is 0 Å². The molecule has 0 amide bonds. The van der Waals surface area contributed by atoms with E-state index in [9.17, 15) is 0 Å². The molecule has 0 saturated heterocycles. The van der Waals surface area contributed by atoms with Gasteiger partial charge in [-0.3, -0.25) is 0 Å². The summed E-state index contributed by atoms with van der Waals surface area (Å²) in [6.45, 7) is 5.91. The Morgan fingerprint density at radius 3 is 2.00 bits per heavy atom. The van der Waals surface area contributed by atoms with Crippen LogP contribution in [0.4, 0.5) is 0 Å². The highest BCUT2D eigenvalue weighted by Gasteiger charge is 2.09. The number of hydrogen-bond acceptors (Lipinski definition) is 1. The van der Waals surface area contributed by atoms with Crippen LogP contribution in [-0.4, -0.2) is 17.4 Å². The Morgan fingerprint density at radius 2 is 2.00 bits per heavy atom. The quantitative estimate of drug-likeness (QED) is 0.536. The second kappa shape index (κ2) is 2.28. The van der Waals surface area contributed by atoms with Gasteiger partial charge >= 0.3 is 0 Å². The minimum atomic E-state index is -0.825. The molecule has 2 heteroatoms. The summed E-state index contributed by atoms with van der Waals surface area (Å²) < 4.78 is 0. The first-order valence-corrected chi connectivity index (χ1v) is 2.47. The fourth-order valence-corrected chi connectivity index (χ4v) is 0.387. The molecule has 0 rings (SSSR count). The molecular weight excluding hydrogens is 90.1 g/mol. The van der Waals surface area contributed by atoms with Crippen LogP contribution in [-0.2, 0) is 0 Å². The standard InChI is InChI=1S/C5H12NO/c1-4-6-5(2,3)7/h7H,4H2,1-3H3. The molecule has 0 heterocycles. The highest BCUT2D eigenvalue weighted by Crippen LogP contribution is 1.93. The van der Waals surface area contributed by atoms with E-state index in [4.69, 9.17) is 5.11 Å². The van der Waals surface area contributed by atoms with Gasteiger partial charge in [-0.15, -0.1) is 0 Å². The molecule has 0 aliphatic heterocycles. The van der Waals surface area contributed by atoms with Crippen molar-refractivity contribution in [1.82, 2.24) is 5.32 Å². The molecule has 0 bridgehead atoms. The fraction of sp³-hybridized carbons (Fsp3) is 1.00. The summed E-state index contributed by atoms with van der Waals surface area (Å²) in [5.74, 6) is 0. The van der Waals surface area contributed by atoms with Crippen molar-refractivity contribution in [2.45, 2.75) is 26.5 Å². The third kappa shape index (κ3) is 5.92. The van der Waals surface area contributed by atoms with Crippen LogP contribution in [0, 0.1) is 0 Å². The zero-order chi connectivity index (χ0) is 5.91. The Kier molecular flexibility index (Phi) is 2.26. The smallest absolute Gasteiger partial charge is 0.125 e. The summed E-state index contributed by atoms with van der Waals surface area (Å²) in [5.41, 5.74) is -0.825. The number of aliphatic hydroxyl groups is 1. The zero-order valence-corrected chi connectivity index (χ0v) is 5.10. The molecule has 1 radical (unpaired) electrons. The van der Waals surface area contributed by atoms with Crippen LogP contribution in [0.5, 0.6) is 0 Å². The second-order valence-electron chi connectivity index (χ2n) is 1.97. The van der Waals surface area contributed by atoms with Gasteiger partial charge in [0.05, 0.1) is 0 Å². The molecular formula is C5H12NO. The van der Waals surface area contributed by atoms with E-state index >= 15 is 0 Å². The Hall–Kier alpha value is -0.0800. The van der Waals surface area contributed by atoms with Crippen molar-refractivity contribution in [3.8, 4) is 0 Å². The highest BCUT2D eigenvalue weighted by atomic mass is 16.3. The Balaban J connectivity index is 3.15. The van der Waals surface area contributed by atoms with E-state index in [0.717, 1.165) is 0 Å². The van der Waals surface area contributed by atoms with Gasteiger partial charge in [0.15, 0.2) is 0 Å². The minimum Gasteiger partial charge on any atom is -0.375 e. The Labute approximate surface area is 44.5 Å². The van der Waals surface area contributed by atoms with E-state index < -0.39 is 5.72 Å². The first-order chi connectivity index (χ1) is 3.06. The monoisotopic (exact) mass is 102 g/mol. The summed E-state index contributed by atoms with van der Waals surface area (Å²) in [6.07, 6.45) is 0. The van der Waals surface area contributed by atoms with E-state index in [-0.39, 0.29) is 0 Å². The predicted molar refractivity (Wildman–Crippen MR) is 29.0 cm³/mol. The topological polar surface area (TPSA) is 34.3 Å². The average molecular weight is 102 g/mol. The largest absolute Gasteiger partial charge is 0.375 e. The zero-order valence-electron chi connectivity index (χ0n) is 5.10. The van der Waals surface area contributed by atoms with Crippen molar-refractivity contribution in [1.29, 1.82) is 0 Å². The van der Waals surface area contributed by atoms with Crippen molar-refractivity contribution in [2.75, 3.05) is 6.54 Å². The molecule has 0 fully saturated rings. The molecule has 1 N–H and O–H groups in total. The van der Waals surface area contributed by atoms with E-state index in [1.54, 1.807) is 13.8 Å². The van der Waals surface area contributed by atoms with Crippen LogP contribution < -0.4 is 5.32 Å². The third-order valence-electron chi connectivity index (χ3n) is 0.545. The van der Waals surface area contributed by atoms with Crippen LogP contribution in [0.1, 0.15) is 20.8 Å². The lowest BCUT2D eigenvalue weighted by Crippen LogP contribution is -2.31. The lowest BCUT2D eigenvalue weighted by atomic mass is 10.3. The molecule has 0 spiro atoms. The summed E-state index contributed by atoms with van der Waals surface area (Å²) in [4.78, 5) is 0. The van der Waals surface area contributed by atoms with Crippen LogP contribution >= 0.6 is 0 Å². The molecule has 0 aliphatic carbocycles. The van der Waals surface area contributed by atoms with E-state index in [1.165, 1.54) is 0 Å². The van der Waals surface area contributed by atoms with Crippen LogP contribution in [0.15, 0.2) is 0 Å². The lowest BCUT2D eigenvalue weighted by Gasteiger charge is -2.14. The van der Waals surface area contributed by atoms with Crippen LogP contribution in [0.3, 0.4) is 0 Å². The molecule has 2 nitrogen and oxygen atoms in total. The molecule has 0 unspecified atom stereocenters. The predicted octanol–water partition coefficient (Wildman–Crippen LogP) is 0.339. The molecule has 0 saturated carbocycles. The summed E-state index contributed by atoms with van der Waals surface area (Å²) in [7, 11) is 0. The van der Waals surface area contributed by atoms with Crippen molar-refractivity contribution in [3.05, 3.63) is 0 Å². The van der Waals surface area contributed by atoms with Crippen molar-refractivity contribution in [2.24, 2.45) is 0 Å². The van der Waals surface area contributed by atoms with E-state index in [0.29, 0.717) is 6.54 Å². The maximum atomic E-state index is 8.85. The van der Waals surface area contributed by atoms with E-state index in [2.05, 4.69) is 5.32 Å². The number of hydrogen-bond donors (Lipinski definition) is 1. The maximum absolute atomic E-state index is 8.85. The van der Waals surface area contributed by atoms with Crippen LogP contribution in [0.2, 0.25) is 0 Å². The molecule has 0 aromatic carbocycles. The van der Waals surface area contributed by atoms with E-state index in [1.807, 2.05) is 6.92 Å². The number of nitrogens with zero attached hydrogens (tertiary/aromatic N) is 1. The SMILES string of the molecule is CC[N]C(C)(C)O. The van der Waals surface area contributed by atoms with Gasteiger partial charge in [0.2, 0.25) is 0 Å². The van der Waals surface area contributed by atoms with Gasteiger partial charge in [-0.1, -0.05) is 6.92 Å². The van der Waals surface area contributed by atoms with Crippen molar-refractivity contribution in [3.63, 3.8) is 0 Å². The van der Waals surface area contributed by atoms with Gasteiger partial charge in [-0.25, -0.2) is 5.32 Å². The fourth-order valence-electron chi connectivity index (χ4n) is 0.387. The Morgan fingerprint density at radius 1 is 1.57 bits per heavy atom. The molecule has 0 aliphatic rings. The number of rotatable bonds is 2. The van der Waals surface area contributed by atoms with Gasteiger partial charge in [-0.05, 0) is 13.8 Å².